The van der Waals surface area contributed by atoms with Gasteiger partial charge in [-0.3, -0.25) is 0 Å². The maximum Gasteiger partial charge on any atom is 0.0699 e. The quantitative estimate of drug-likeness (QED) is 0.598. The van der Waals surface area contributed by atoms with Crippen LogP contribution < -0.4 is 5.32 Å². The molecule has 1 atom stereocenters. The molecule has 90 valence electrons. The molecule has 1 aliphatic heterocycles. The summed E-state index contributed by atoms with van der Waals surface area (Å²) in [5.41, 5.74) is -0.541. The Morgan fingerprint density at radius 1 is 1.33 bits per heavy atom. The highest BCUT2D eigenvalue weighted by atomic mass is 16.5. The topological polar surface area (TPSA) is 61.7 Å². The van der Waals surface area contributed by atoms with Crippen molar-refractivity contribution < 1.29 is 14.9 Å². The van der Waals surface area contributed by atoms with Gasteiger partial charge in [-0.25, -0.2) is 0 Å². The van der Waals surface area contributed by atoms with Crippen LogP contribution in [-0.2, 0) is 4.74 Å². The van der Waals surface area contributed by atoms with E-state index < -0.39 is 5.54 Å². The van der Waals surface area contributed by atoms with Crippen molar-refractivity contribution in [3.05, 3.63) is 0 Å². The molecule has 15 heavy (non-hydrogen) atoms. The van der Waals surface area contributed by atoms with Crippen molar-refractivity contribution in [2.45, 2.75) is 44.2 Å². The van der Waals surface area contributed by atoms with Crippen molar-refractivity contribution in [1.82, 2.24) is 5.32 Å². The molecule has 1 unspecified atom stereocenters. The third-order valence-corrected chi connectivity index (χ3v) is 3.26. The van der Waals surface area contributed by atoms with Gasteiger partial charge in [0.15, 0.2) is 0 Å². The molecule has 0 saturated carbocycles. The SMILES string of the molecule is CCC(CO)(CO)NCC1CCCCO1. The van der Waals surface area contributed by atoms with Crippen LogP contribution in [0.5, 0.6) is 0 Å². The van der Waals surface area contributed by atoms with Gasteiger partial charge in [-0.2, -0.15) is 0 Å². The van der Waals surface area contributed by atoms with E-state index in [1.165, 1.54) is 6.42 Å². The monoisotopic (exact) mass is 217 g/mol. The van der Waals surface area contributed by atoms with E-state index in [1.54, 1.807) is 0 Å². The lowest BCUT2D eigenvalue weighted by Gasteiger charge is -2.33. The Labute approximate surface area is 91.6 Å². The Morgan fingerprint density at radius 2 is 2.07 bits per heavy atom. The first-order valence-corrected chi connectivity index (χ1v) is 5.84. The maximum atomic E-state index is 9.24. The normalized spacial score (nSPS) is 23.0. The van der Waals surface area contributed by atoms with E-state index in [2.05, 4.69) is 5.32 Å². The van der Waals surface area contributed by atoms with Crippen LogP contribution in [0.25, 0.3) is 0 Å². The minimum absolute atomic E-state index is 0.0350. The molecule has 1 rings (SSSR count). The van der Waals surface area contributed by atoms with Crippen molar-refractivity contribution in [3.8, 4) is 0 Å². The Kier molecular flexibility index (Phi) is 5.53. The van der Waals surface area contributed by atoms with Gasteiger partial charge in [-0.1, -0.05) is 6.92 Å². The van der Waals surface area contributed by atoms with Gasteiger partial charge in [0, 0.05) is 13.2 Å². The molecule has 0 spiro atoms. The first-order chi connectivity index (χ1) is 7.26. The fourth-order valence-electron chi connectivity index (χ4n) is 1.81. The lowest BCUT2D eigenvalue weighted by Crippen LogP contribution is -2.53. The molecule has 1 aliphatic rings. The largest absolute Gasteiger partial charge is 0.394 e. The first kappa shape index (κ1) is 12.9. The van der Waals surface area contributed by atoms with Crippen LogP contribution in [0.4, 0.5) is 0 Å². The summed E-state index contributed by atoms with van der Waals surface area (Å²) in [5, 5.41) is 21.7. The average Bonchev–Trinajstić information content (AvgIpc) is 2.33. The summed E-state index contributed by atoms with van der Waals surface area (Å²) < 4.78 is 5.58. The number of hydrogen-bond donors (Lipinski definition) is 3. The predicted molar refractivity (Wildman–Crippen MR) is 58.8 cm³/mol. The molecule has 4 heteroatoms. The van der Waals surface area contributed by atoms with E-state index >= 15 is 0 Å². The Balaban J connectivity index is 2.31. The number of nitrogens with one attached hydrogen (secondary N) is 1. The van der Waals surface area contributed by atoms with E-state index in [1.807, 2.05) is 6.92 Å². The van der Waals surface area contributed by atoms with Gasteiger partial charge in [-0.15, -0.1) is 0 Å². The molecular weight excluding hydrogens is 194 g/mol. The molecule has 0 aliphatic carbocycles. The molecule has 4 nitrogen and oxygen atoms in total. The highest BCUT2D eigenvalue weighted by Crippen LogP contribution is 2.14. The summed E-state index contributed by atoms with van der Waals surface area (Å²) in [6.07, 6.45) is 4.39. The predicted octanol–water partition coefficient (Wildman–Crippen LogP) is 0.278. The summed E-state index contributed by atoms with van der Waals surface area (Å²) in [4.78, 5) is 0. The van der Waals surface area contributed by atoms with E-state index in [0.717, 1.165) is 26.0 Å². The van der Waals surface area contributed by atoms with Crippen LogP contribution in [0.3, 0.4) is 0 Å². The second-order valence-corrected chi connectivity index (χ2v) is 4.32. The molecule has 3 N–H and O–H groups in total. The van der Waals surface area contributed by atoms with Crippen LogP contribution in [0, 0.1) is 0 Å². The van der Waals surface area contributed by atoms with Gasteiger partial charge in [0.2, 0.25) is 0 Å². The van der Waals surface area contributed by atoms with E-state index in [-0.39, 0.29) is 19.3 Å². The average molecular weight is 217 g/mol. The van der Waals surface area contributed by atoms with E-state index in [0.29, 0.717) is 6.42 Å². The van der Waals surface area contributed by atoms with Crippen LogP contribution in [-0.4, -0.2) is 48.2 Å². The molecular formula is C11H23NO3. The molecule has 0 aromatic heterocycles. The summed E-state index contributed by atoms with van der Waals surface area (Å²) in [6, 6.07) is 0. The summed E-state index contributed by atoms with van der Waals surface area (Å²) in [6.45, 7) is 3.44. The zero-order valence-corrected chi connectivity index (χ0v) is 9.54. The number of ether oxygens (including phenoxy) is 1. The lowest BCUT2D eigenvalue weighted by atomic mass is 9.97. The third kappa shape index (κ3) is 3.72. The minimum Gasteiger partial charge on any atom is -0.394 e. The zero-order valence-electron chi connectivity index (χ0n) is 9.54. The van der Waals surface area contributed by atoms with Gasteiger partial charge in [0.1, 0.15) is 0 Å². The standard InChI is InChI=1S/C11H23NO3/c1-2-11(8-13,9-14)12-7-10-5-3-4-6-15-10/h10,12-14H,2-9H2,1H3. The highest BCUT2D eigenvalue weighted by Gasteiger charge is 2.27. The summed E-state index contributed by atoms with van der Waals surface area (Å²) in [5.74, 6) is 0. The molecule has 1 fully saturated rings. The number of rotatable bonds is 6. The number of aliphatic hydroxyl groups excluding tert-OH is 2. The van der Waals surface area contributed by atoms with Crippen LogP contribution >= 0.6 is 0 Å². The molecule has 0 aromatic carbocycles. The minimum atomic E-state index is -0.541. The zero-order chi connectivity index (χ0) is 11.1. The fourth-order valence-corrected chi connectivity index (χ4v) is 1.81. The van der Waals surface area contributed by atoms with Crippen LogP contribution in [0.2, 0.25) is 0 Å². The van der Waals surface area contributed by atoms with Gasteiger partial charge in [0.05, 0.1) is 24.9 Å². The van der Waals surface area contributed by atoms with Gasteiger partial charge >= 0.3 is 0 Å². The van der Waals surface area contributed by atoms with E-state index in [9.17, 15) is 10.2 Å². The molecule has 1 saturated heterocycles. The summed E-state index contributed by atoms with van der Waals surface area (Å²) >= 11 is 0. The molecule has 0 aromatic rings. The van der Waals surface area contributed by atoms with Crippen molar-refractivity contribution in [2.75, 3.05) is 26.4 Å². The Bertz CT molecular complexity index is 157. The Hall–Kier alpha value is -0.160. The lowest BCUT2D eigenvalue weighted by molar-refractivity contribution is 0.00263. The van der Waals surface area contributed by atoms with Crippen LogP contribution in [0.15, 0.2) is 0 Å². The summed E-state index contributed by atoms with van der Waals surface area (Å²) in [7, 11) is 0. The second kappa shape index (κ2) is 6.43. The maximum absolute atomic E-state index is 9.24. The van der Waals surface area contributed by atoms with Crippen LogP contribution in [0.1, 0.15) is 32.6 Å². The fraction of sp³-hybridized carbons (Fsp3) is 1.00. The van der Waals surface area contributed by atoms with E-state index in [4.69, 9.17) is 4.74 Å². The van der Waals surface area contributed by atoms with Crippen molar-refractivity contribution in [2.24, 2.45) is 0 Å². The molecule has 0 bridgehead atoms. The van der Waals surface area contributed by atoms with Gasteiger partial charge in [-0.05, 0) is 25.7 Å². The number of aliphatic hydroxyl groups is 2. The molecule has 1 heterocycles. The second-order valence-electron chi connectivity index (χ2n) is 4.32. The Morgan fingerprint density at radius 3 is 2.53 bits per heavy atom. The van der Waals surface area contributed by atoms with Crippen molar-refractivity contribution >= 4 is 0 Å². The van der Waals surface area contributed by atoms with Crippen molar-refractivity contribution in [1.29, 1.82) is 0 Å². The first-order valence-electron chi connectivity index (χ1n) is 5.84. The molecule has 0 amide bonds. The number of hydrogen-bond acceptors (Lipinski definition) is 4. The van der Waals surface area contributed by atoms with Gasteiger partial charge in [0.25, 0.3) is 0 Å². The smallest absolute Gasteiger partial charge is 0.0699 e. The third-order valence-electron chi connectivity index (χ3n) is 3.26. The molecule has 0 radical (unpaired) electrons. The van der Waals surface area contributed by atoms with Crippen molar-refractivity contribution in [3.63, 3.8) is 0 Å². The van der Waals surface area contributed by atoms with Gasteiger partial charge < -0.3 is 20.3 Å². The highest BCUT2D eigenvalue weighted by molar-refractivity contribution is 4.86.